The molecule has 0 saturated carbocycles. The largest absolute Gasteiger partial charge is 0.495 e. The number of fused-ring (bicyclic) bond motifs is 1. The van der Waals surface area contributed by atoms with Crippen molar-refractivity contribution in [1.29, 1.82) is 0 Å². The highest BCUT2D eigenvalue weighted by Gasteiger charge is 2.26. The lowest BCUT2D eigenvalue weighted by Crippen LogP contribution is -2.49. The number of carbonyl (C=O) groups excluding carboxylic acids is 1. The first kappa shape index (κ1) is 23.7. The summed E-state index contributed by atoms with van der Waals surface area (Å²) < 4.78 is 10.1. The first-order chi connectivity index (χ1) is 17.1. The van der Waals surface area contributed by atoms with Gasteiger partial charge in [-0.3, -0.25) is 14.6 Å². The van der Waals surface area contributed by atoms with Crippen molar-refractivity contribution in [1.82, 2.24) is 20.2 Å². The van der Waals surface area contributed by atoms with Gasteiger partial charge in [0.1, 0.15) is 11.4 Å². The SMILES string of the molecule is COc1cncc(-c2cccc3c(C(=O)N4CCN(c5nonc5C)CC4)cccc23)c1.O=CO. The maximum Gasteiger partial charge on any atom is 0.290 e. The minimum atomic E-state index is -0.250. The van der Waals surface area contributed by atoms with Crippen molar-refractivity contribution in [3.8, 4) is 16.9 Å². The molecule has 0 spiro atoms. The smallest absolute Gasteiger partial charge is 0.290 e. The number of hydrogen-bond donors (Lipinski definition) is 1. The molecule has 1 amide bonds. The molecule has 1 fully saturated rings. The van der Waals surface area contributed by atoms with E-state index in [0.717, 1.165) is 33.4 Å². The molecule has 4 aromatic rings. The van der Waals surface area contributed by atoms with Gasteiger partial charge in [-0.25, -0.2) is 4.63 Å². The number of anilines is 1. The second-order valence-electron chi connectivity index (χ2n) is 7.88. The number of carboxylic acid groups (broad SMARTS) is 1. The lowest BCUT2D eigenvalue weighted by molar-refractivity contribution is -0.122. The predicted molar refractivity (Wildman–Crippen MR) is 130 cm³/mol. The summed E-state index contributed by atoms with van der Waals surface area (Å²) in [6.45, 7) is 4.22. The molecule has 10 nitrogen and oxygen atoms in total. The first-order valence-corrected chi connectivity index (χ1v) is 11.0. The molecule has 0 radical (unpaired) electrons. The summed E-state index contributed by atoms with van der Waals surface area (Å²) >= 11 is 0. The summed E-state index contributed by atoms with van der Waals surface area (Å²) in [5, 5.41) is 16.7. The van der Waals surface area contributed by atoms with Crippen molar-refractivity contribution >= 4 is 29.0 Å². The number of ether oxygens (including phenoxy) is 1. The van der Waals surface area contributed by atoms with E-state index < -0.39 is 0 Å². The van der Waals surface area contributed by atoms with Crippen LogP contribution >= 0.6 is 0 Å². The third kappa shape index (κ3) is 4.91. The Morgan fingerprint density at radius 3 is 2.46 bits per heavy atom. The normalized spacial score (nSPS) is 13.2. The van der Waals surface area contributed by atoms with E-state index in [1.54, 1.807) is 13.3 Å². The number of methoxy groups -OCH3 is 1. The summed E-state index contributed by atoms with van der Waals surface area (Å²) in [5.74, 6) is 1.48. The number of aromatic nitrogens is 3. The van der Waals surface area contributed by atoms with E-state index in [9.17, 15) is 4.79 Å². The molecular weight excluding hydrogens is 450 g/mol. The Bertz CT molecular complexity index is 1330. The van der Waals surface area contributed by atoms with Crippen LogP contribution in [0.2, 0.25) is 0 Å². The van der Waals surface area contributed by atoms with Gasteiger partial charge < -0.3 is 19.6 Å². The summed E-state index contributed by atoms with van der Waals surface area (Å²) in [5.41, 5.74) is 3.43. The first-order valence-electron chi connectivity index (χ1n) is 11.0. The lowest BCUT2D eigenvalue weighted by Gasteiger charge is -2.34. The fraction of sp³-hybridized carbons (Fsp3) is 0.240. The molecule has 0 bridgehead atoms. The van der Waals surface area contributed by atoms with Crippen LogP contribution < -0.4 is 9.64 Å². The topological polar surface area (TPSA) is 122 Å². The monoisotopic (exact) mass is 475 g/mol. The Kier molecular flexibility index (Phi) is 7.20. The number of aryl methyl sites for hydroxylation is 1. The van der Waals surface area contributed by atoms with Crippen molar-refractivity contribution in [2.45, 2.75) is 6.92 Å². The van der Waals surface area contributed by atoms with E-state index in [1.807, 2.05) is 60.5 Å². The molecule has 3 heterocycles. The summed E-state index contributed by atoms with van der Waals surface area (Å²) in [6, 6.07) is 13.9. The van der Waals surface area contributed by atoms with Gasteiger partial charge in [0.25, 0.3) is 12.4 Å². The Hall–Kier alpha value is -4.47. The molecule has 2 aromatic heterocycles. The van der Waals surface area contributed by atoms with Gasteiger partial charge >= 0.3 is 0 Å². The van der Waals surface area contributed by atoms with E-state index in [-0.39, 0.29) is 12.4 Å². The molecular formula is C25H25N5O5. The zero-order valence-corrected chi connectivity index (χ0v) is 19.4. The molecule has 1 aliphatic heterocycles. The van der Waals surface area contributed by atoms with Gasteiger partial charge in [0.05, 0.1) is 13.3 Å². The zero-order valence-electron chi connectivity index (χ0n) is 19.4. The van der Waals surface area contributed by atoms with Crippen LogP contribution in [0.4, 0.5) is 5.82 Å². The second kappa shape index (κ2) is 10.6. The number of amides is 1. The van der Waals surface area contributed by atoms with Crippen LogP contribution in [0.25, 0.3) is 21.9 Å². The summed E-state index contributed by atoms with van der Waals surface area (Å²) in [7, 11) is 1.63. The molecule has 1 N–H and O–H groups in total. The van der Waals surface area contributed by atoms with Crippen molar-refractivity contribution < 1.29 is 24.1 Å². The fourth-order valence-corrected chi connectivity index (χ4v) is 4.23. The highest BCUT2D eigenvalue weighted by molar-refractivity contribution is 6.10. The molecule has 35 heavy (non-hydrogen) atoms. The van der Waals surface area contributed by atoms with Gasteiger partial charge in [-0.05, 0) is 40.5 Å². The summed E-state index contributed by atoms with van der Waals surface area (Å²) in [4.78, 5) is 30.1. The van der Waals surface area contributed by atoms with Gasteiger partial charge in [-0.2, -0.15) is 0 Å². The number of rotatable bonds is 4. The van der Waals surface area contributed by atoms with E-state index in [1.165, 1.54) is 0 Å². The van der Waals surface area contributed by atoms with Crippen molar-refractivity contribution in [3.63, 3.8) is 0 Å². The molecule has 0 aliphatic carbocycles. The van der Waals surface area contributed by atoms with Gasteiger partial charge in [0, 0.05) is 43.5 Å². The van der Waals surface area contributed by atoms with Crippen molar-refractivity contribution in [2.75, 3.05) is 38.2 Å². The predicted octanol–water partition coefficient (Wildman–Crippen LogP) is 3.27. The number of nitrogens with zero attached hydrogens (tertiary/aromatic N) is 5. The highest BCUT2D eigenvalue weighted by Crippen LogP contribution is 2.32. The maximum atomic E-state index is 13.5. The van der Waals surface area contributed by atoms with E-state index in [0.29, 0.717) is 37.5 Å². The molecule has 180 valence electrons. The minimum absolute atomic E-state index is 0.0335. The molecule has 1 saturated heterocycles. The van der Waals surface area contributed by atoms with E-state index >= 15 is 0 Å². The van der Waals surface area contributed by atoms with Crippen LogP contribution in [0, 0.1) is 6.92 Å². The average Bonchev–Trinajstić information content (AvgIpc) is 3.34. The van der Waals surface area contributed by atoms with E-state index in [2.05, 4.69) is 20.2 Å². The number of carbonyl (C=O) groups is 2. The Morgan fingerprint density at radius 1 is 1.06 bits per heavy atom. The van der Waals surface area contributed by atoms with Crippen LogP contribution in [0.5, 0.6) is 5.75 Å². The van der Waals surface area contributed by atoms with Gasteiger partial charge in [-0.1, -0.05) is 35.5 Å². The molecule has 2 aromatic carbocycles. The summed E-state index contributed by atoms with van der Waals surface area (Å²) in [6.07, 6.45) is 3.49. The quantitative estimate of drug-likeness (QED) is 0.443. The average molecular weight is 476 g/mol. The van der Waals surface area contributed by atoms with Crippen LogP contribution in [-0.2, 0) is 4.79 Å². The second-order valence-corrected chi connectivity index (χ2v) is 7.88. The molecule has 0 atom stereocenters. The van der Waals surface area contributed by atoms with Crippen molar-refractivity contribution in [2.24, 2.45) is 0 Å². The van der Waals surface area contributed by atoms with Crippen LogP contribution in [-0.4, -0.2) is 71.0 Å². The third-order valence-electron chi connectivity index (χ3n) is 5.91. The van der Waals surface area contributed by atoms with E-state index in [4.69, 9.17) is 19.3 Å². The van der Waals surface area contributed by atoms with Gasteiger partial charge in [0.2, 0.25) is 0 Å². The minimum Gasteiger partial charge on any atom is -0.495 e. The standard InChI is InChI=1S/C24H23N5O3.CH2O2/c1-16-23(27-32-26-16)28-9-11-29(12-10-28)24(30)22-8-4-6-20-19(5-3-7-21(20)22)17-13-18(31-2)15-25-14-17;2-1-3/h3-8,13-15H,9-12H2,1-2H3;1H,(H,2,3). The highest BCUT2D eigenvalue weighted by atomic mass is 16.6. The van der Waals surface area contributed by atoms with Crippen LogP contribution in [0.15, 0.2) is 59.5 Å². The third-order valence-corrected chi connectivity index (χ3v) is 5.91. The fourth-order valence-electron chi connectivity index (χ4n) is 4.23. The number of pyridine rings is 1. The molecule has 5 rings (SSSR count). The van der Waals surface area contributed by atoms with Gasteiger partial charge in [0.15, 0.2) is 5.82 Å². The Labute approximate surface area is 201 Å². The molecule has 10 heteroatoms. The zero-order chi connectivity index (χ0) is 24.8. The number of piperazine rings is 1. The van der Waals surface area contributed by atoms with Gasteiger partial charge in [-0.15, -0.1) is 0 Å². The maximum absolute atomic E-state index is 13.5. The number of benzene rings is 2. The number of hydrogen-bond acceptors (Lipinski definition) is 8. The Morgan fingerprint density at radius 2 is 1.77 bits per heavy atom. The lowest BCUT2D eigenvalue weighted by atomic mass is 9.96. The van der Waals surface area contributed by atoms with Crippen LogP contribution in [0.1, 0.15) is 16.1 Å². The van der Waals surface area contributed by atoms with Crippen molar-refractivity contribution in [3.05, 3.63) is 66.1 Å². The van der Waals surface area contributed by atoms with Crippen LogP contribution in [0.3, 0.4) is 0 Å². The Balaban J connectivity index is 0.000000917. The molecule has 1 aliphatic rings. The molecule has 0 unspecified atom stereocenters.